The summed E-state index contributed by atoms with van der Waals surface area (Å²) in [7, 11) is 0. The molecule has 1 saturated heterocycles. The average Bonchev–Trinajstić information content (AvgIpc) is 3.23. The number of hydrogen-bond acceptors (Lipinski definition) is 9. The molecule has 2 aliphatic heterocycles. The lowest BCUT2D eigenvalue weighted by molar-refractivity contribution is -0.332. The van der Waals surface area contributed by atoms with Crippen LogP contribution in [-0.4, -0.2) is 87.1 Å². The van der Waals surface area contributed by atoms with Gasteiger partial charge in [-0.2, -0.15) is 0 Å². The summed E-state index contributed by atoms with van der Waals surface area (Å²) in [6.45, 7) is 8.30. The van der Waals surface area contributed by atoms with Gasteiger partial charge in [-0.15, -0.1) is 0 Å². The molecular weight excluding hydrogens is 456 g/mol. The predicted molar refractivity (Wildman–Crippen MR) is 125 cm³/mol. The average molecular weight is 499 g/mol. The van der Waals surface area contributed by atoms with E-state index in [-0.39, 0.29) is 34.7 Å². The van der Waals surface area contributed by atoms with Crippen molar-refractivity contribution in [1.82, 2.24) is 0 Å². The Kier molecular flexibility index (Phi) is 7.45. The molecule has 9 heteroatoms. The number of carbonyl (C=O) groups excluding carboxylic acids is 1. The van der Waals surface area contributed by atoms with Gasteiger partial charge in [-0.3, -0.25) is 0 Å². The molecule has 0 radical (unpaired) electrons. The third-order valence-corrected chi connectivity index (χ3v) is 9.81. The van der Waals surface area contributed by atoms with Crippen LogP contribution in [0.1, 0.15) is 66.2 Å². The van der Waals surface area contributed by atoms with E-state index in [2.05, 4.69) is 27.7 Å². The van der Waals surface area contributed by atoms with Crippen molar-refractivity contribution >= 4 is 5.97 Å². The van der Waals surface area contributed by atoms with Crippen LogP contribution in [0.2, 0.25) is 0 Å². The Labute approximate surface area is 207 Å². The maximum atomic E-state index is 12.2. The van der Waals surface area contributed by atoms with E-state index in [9.17, 15) is 30.3 Å². The molecule has 0 unspecified atom stereocenters. The summed E-state index contributed by atoms with van der Waals surface area (Å²) in [5.74, 6) is -0.101. The number of cyclic esters (lactones) is 1. The van der Waals surface area contributed by atoms with Gasteiger partial charge in [0, 0.05) is 11.5 Å². The molecule has 35 heavy (non-hydrogen) atoms. The monoisotopic (exact) mass is 498 g/mol. The van der Waals surface area contributed by atoms with Crippen LogP contribution in [0, 0.1) is 22.7 Å². The molecule has 9 nitrogen and oxygen atoms in total. The second-order valence-corrected chi connectivity index (χ2v) is 12.0. The third-order valence-electron chi connectivity index (χ3n) is 9.81. The number of ether oxygens (including phenoxy) is 3. The van der Waals surface area contributed by atoms with Crippen LogP contribution >= 0.6 is 0 Å². The smallest absolute Gasteiger partial charge is 0.331 e. The zero-order valence-electron chi connectivity index (χ0n) is 21.2. The minimum Gasteiger partial charge on any atom is -0.458 e. The molecule has 0 amide bonds. The van der Waals surface area contributed by atoms with Crippen LogP contribution in [0.15, 0.2) is 11.6 Å². The Hall–Kier alpha value is -1.07. The summed E-state index contributed by atoms with van der Waals surface area (Å²) in [4.78, 5) is 11.5. The second kappa shape index (κ2) is 9.67. The van der Waals surface area contributed by atoms with E-state index in [1.807, 2.05) is 0 Å². The standard InChI is InChI=1S/C26H42O9/c1-14-5-6-17-24(2,3)18(35-23-22(31)21(30)20(29)16(12-27)34-23)8-9-25(17,4)26(14,32)10-7-15-11-19(28)33-13-15/h11,14,16-18,20-23,27,29-32H,5-10,12-13H2,1-4H3/t14-,16-,17+,18+,20-,21+,22-,23+,25+,26-/m1/s1. The number of fused-ring (bicyclic) bond motifs is 1. The number of aliphatic hydroxyl groups excluding tert-OH is 4. The highest BCUT2D eigenvalue weighted by Gasteiger charge is 2.63. The fourth-order valence-electron chi connectivity index (χ4n) is 7.48. The number of esters is 1. The first kappa shape index (κ1) is 27.0. The van der Waals surface area contributed by atoms with Gasteiger partial charge in [-0.1, -0.05) is 27.7 Å². The topological polar surface area (TPSA) is 146 Å². The van der Waals surface area contributed by atoms with Crippen molar-refractivity contribution in [2.45, 2.75) is 109 Å². The quantitative estimate of drug-likeness (QED) is 0.268. The van der Waals surface area contributed by atoms with Gasteiger partial charge >= 0.3 is 5.97 Å². The van der Waals surface area contributed by atoms with Crippen LogP contribution in [0.4, 0.5) is 0 Å². The highest BCUT2D eigenvalue weighted by molar-refractivity contribution is 5.85. The van der Waals surface area contributed by atoms with Crippen LogP contribution in [0.3, 0.4) is 0 Å². The Morgan fingerprint density at radius 2 is 1.80 bits per heavy atom. The highest BCUT2D eigenvalue weighted by Crippen LogP contribution is 2.64. The number of aliphatic hydroxyl groups is 5. The van der Waals surface area contributed by atoms with Crippen LogP contribution < -0.4 is 0 Å². The van der Waals surface area contributed by atoms with E-state index in [0.29, 0.717) is 32.3 Å². The Bertz CT molecular complexity index is 826. The molecule has 10 atom stereocenters. The third kappa shape index (κ3) is 4.47. The van der Waals surface area contributed by atoms with Crippen molar-refractivity contribution in [1.29, 1.82) is 0 Å². The fourth-order valence-corrected chi connectivity index (χ4v) is 7.48. The summed E-state index contributed by atoms with van der Waals surface area (Å²) in [5, 5.41) is 52.5. The van der Waals surface area contributed by atoms with Crippen molar-refractivity contribution < 1.29 is 44.5 Å². The molecule has 0 spiro atoms. The Morgan fingerprint density at radius 1 is 1.09 bits per heavy atom. The van der Waals surface area contributed by atoms with Crippen molar-refractivity contribution in [2.24, 2.45) is 22.7 Å². The molecule has 0 aromatic rings. The summed E-state index contributed by atoms with van der Waals surface area (Å²) >= 11 is 0. The van der Waals surface area contributed by atoms with E-state index in [1.54, 1.807) is 0 Å². The summed E-state index contributed by atoms with van der Waals surface area (Å²) in [5.41, 5.74) is -0.771. The minimum atomic E-state index is -1.48. The van der Waals surface area contributed by atoms with Gasteiger partial charge in [-0.25, -0.2) is 4.79 Å². The number of rotatable bonds is 6. The normalized spacial score (nSPS) is 47.7. The molecule has 4 rings (SSSR count). The van der Waals surface area contributed by atoms with Gasteiger partial charge in [0.05, 0.1) is 18.3 Å². The second-order valence-electron chi connectivity index (χ2n) is 12.0. The van der Waals surface area contributed by atoms with Crippen molar-refractivity contribution in [3.8, 4) is 0 Å². The molecule has 2 saturated carbocycles. The van der Waals surface area contributed by atoms with Crippen molar-refractivity contribution in [2.75, 3.05) is 13.2 Å². The molecule has 5 N–H and O–H groups in total. The molecule has 2 heterocycles. The minimum absolute atomic E-state index is 0.0982. The van der Waals surface area contributed by atoms with E-state index in [0.717, 1.165) is 18.4 Å². The number of hydrogen-bond donors (Lipinski definition) is 5. The molecule has 2 aliphatic carbocycles. The summed E-state index contributed by atoms with van der Waals surface area (Å²) < 4.78 is 16.9. The zero-order valence-corrected chi connectivity index (χ0v) is 21.2. The molecular formula is C26H42O9. The van der Waals surface area contributed by atoms with Gasteiger partial charge in [-0.05, 0) is 61.3 Å². The number of carbonyl (C=O) groups is 1. The SMILES string of the molecule is C[C@@H]1CC[C@H]2C(C)(C)[C@@H](O[C@@H]3O[C@H](CO)[C@@H](O)[C@H](O)[C@H]3O)CC[C@]2(C)[C@@]1(O)CCC1=CC(=O)OC1. The van der Waals surface area contributed by atoms with E-state index < -0.39 is 42.9 Å². The first-order valence-electron chi connectivity index (χ1n) is 12.9. The van der Waals surface area contributed by atoms with Gasteiger partial charge in [0.1, 0.15) is 31.0 Å². The first-order valence-corrected chi connectivity index (χ1v) is 12.9. The summed E-state index contributed by atoms with van der Waals surface area (Å²) in [6, 6.07) is 0. The molecule has 4 aliphatic rings. The molecule has 200 valence electrons. The summed E-state index contributed by atoms with van der Waals surface area (Å²) in [6.07, 6.45) is -1.05. The molecule has 0 aromatic carbocycles. The van der Waals surface area contributed by atoms with Gasteiger partial charge < -0.3 is 39.7 Å². The fraction of sp³-hybridized carbons (Fsp3) is 0.885. The van der Waals surface area contributed by atoms with Crippen LogP contribution in [0.5, 0.6) is 0 Å². The van der Waals surface area contributed by atoms with E-state index in [4.69, 9.17) is 14.2 Å². The van der Waals surface area contributed by atoms with Gasteiger partial charge in [0.15, 0.2) is 6.29 Å². The Balaban J connectivity index is 1.52. The van der Waals surface area contributed by atoms with Crippen molar-refractivity contribution in [3.63, 3.8) is 0 Å². The zero-order chi connectivity index (χ0) is 25.8. The lowest BCUT2D eigenvalue weighted by atomic mass is 9.43. The lowest BCUT2D eigenvalue weighted by Gasteiger charge is -2.64. The maximum absolute atomic E-state index is 12.2. The largest absolute Gasteiger partial charge is 0.458 e. The molecule has 3 fully saturated rings. The highest BCUT2D eigenvalue weighted by atomic mass is 16.7. The first-order chi connectivity index (χ1) is 16.3. The van der Waals surface area contributed by atoms with E-state index >= 15 is 0 Å². The molecule has 0 aromatic heterocycles. The van der Waals surface area contributed by atoms with Crippen LogP contribution in [0.25, 0.3) is 0 Å². The lowest BCUT2D eigenvalue weighted by Crippen LogP contribution is -2.66. The maximum Gasteiger partial charge on any atom is 0.331 e. The Morgan fingerprint density at radius 3 is 2.43 bits per heavy atom. The van der Waals surface area contributed by atoms with Crippen molar-refractivity contribution in [3.05, 3.63) is 11.6 Å². The predicted octanol–water partition coefficient (Wildman–Crippen LogP) is 1.04. The van der Waals surface area contributed by atoms with E-state index in [1.165, 1.54) is 6.08 Å². The van der Waals surface area contributed by atoms with Gasteiger partial charge in [0.25, 0.3) is 0 Å². The van der Waals surface area contributed by atoms with Crippen LogP contribution in [-0.2, 0) is 19.0 Å². The van der Waals surface area contributed by atoms with Gasteiger partial charge in [0.2, 0.25) is 0 Å². The molecule has 0 bridgehead atoms.